The third kappa shape index (κ3) is 7.00. The summed E-state index contributed by atoms with van der Waals surface area (Å²) in [6, 6.07) is -2.76. The van der Waals surface area contributed by atoms with Crippen molar-refractivity contribution in [2.45, 2.75) is 50.2 Å². The van der Waals surface area contributed by atoms with Crippen LogP contribution in [0, 0.1) is 0 Å². The molecule has 0 aliphatic carbocycles. The van der Waals surface area contributed by atoms with Gasteiger partial charge in [-0.1, -0.05) is 0 Å². The minimum atomic E-state index is -1.15. The summed E-state index contributed by atoms with van der Waals surface area (Å²) in [7, 11) is 0. The molecule has 0 saturated carbocycles. The molecule has 0 radical (unpaired) electrons. The lowest BCUT2D eigenvalue weighted by molar-refractivity contribution is -0.142. The van der Waals surface area contributed by atoms with Crippen LogP contribution < -0.4 is 22.1 Å². The maximum atomic E-state index is 12.5. The summed E-state index contributed by atoms with van der Waals surface area (Å²) in [5, 5.41) is 14.2. The molecule has 1 saturated heterocycles. The Kier molecular flexibility index (Phi) is 10.1. The van der Waals surface area contributed by atoms with Gasteiger partial charge in [-0.3, -0.25) is 14.4 Å². The van der Waals surface area contributed by atoms with E-state index in [1.807, 2.05) is 0 Å². The number of likely N-dealkylation sites (tertiary alicyclic amines) is 1. The predicted octanol–water partition coefficient (Wildman–Crippen LogP) is -1.95. The zero-order chi connectivity index (χ0) is 20.4. The first-order valence-electron chi connectivity index (χ1n) is 8.99. The molecular weight excluding hydrogens is 374 g/mol. The summed E-state index contributed by atoms with van der Waals surface area (Å²) < 4.78 is 0. The van der Waals surface area contributed by atoms with Gasteiger partial charge in [0.15, 0.2) is 0 Å². The molecule has 0 unspecified atom stereocenters. The van der Waals surface area contributed by atoms with Gasteiger partial charge in [0.2, 0.25) is 17.7 Å². The monoisotopic (exact) mass is 403 g/mol. The largest absolute Gasteiger partial charge is 0.480 e. The molecule has 27 heavy (non-hydrogen) atoms. The Labute approximate surface area is 163 Å². The summed E-state index contributed by atoms with van der Waals surface area (Å²) in [4.78, 5) is 49.4. The molecular formula is C16H29N5O5S. The minimum Gasteiger partial charge on any atom is -0.480 e. The zero-order valence-electron chi connectivity index (χ0n) is 15.2. The van der Waals surface area contributed by atoms with E-state index in [2.05, 4.69) is 23.3 Å². The maximum Gasteiger partial charge on any atom is 0.326 e. The van der Waals surface area contributed by atoms with Gasteiger partial charge in [0.05, 0.1) is 6.54 Å². The molecule has 1 fully saturated rings. The summed E-state index contributed by atoms with van der Waals surface area (Å²) in [5.41, 5.74) is 10.8. The minimum absolute atomic E-state index is 0.00966. The second-order valence-corrected chi connectivity index (χ2v) is 6.74. The van der Waals surface area contributed by atoms with Crippen molar-refractivity contribution in [3.05, 3.63) is 0 Å². The van der Waals surface area contributed by atoms with Crippen LogP contribution in [-0.2, 0) is 19.2 Å². The number of rotatable bonds is 11. The van der Waals surface area contributed by atoms with Gasteiger partial charge in [-0.15, -0.1) is 0 Å². The van der Waals surface area contributed by atoms with Crippen LogP contribution in [0.4, 0.5) is 0 Å². The van der Waals surface area contributed by atoms with Crippen LogP contribution in [0.5, 0.6) is 0 Å². The van der Waals surface area contributed by atoms with Crippen LogP contribution in [-0.4, -0.2) is 77.2 Å². The van der Waals surface area contributed by atoms with Crippen LogP contribution in [0.2, 0.25) is 0 Å². The molecule has 1 aliphatic rings. The van der Waals surface area contributed by atoms with Gasteiger partial charge in [-0.2, -0.15) is 12.6 Å². The molecule has 1 heterocycles. The van der Waals surface area contributed by atoms with Crippen molar-refractivity contribution in [1.82, 2.24) is 15.5 Å². The van der Waals surface area contributed by atoms with Crippen molar-refractivity contribution >= 4 is 36.3 Å². The molecule has 0 aromatic heterocycles. The van der Waals surface area contributed by atoms with E-state index >= 15 is 0 Å². The van der Waals surface area contributed by atoms with Crippen molar-refractivity contribution in [2.24, 2.45) is 11.5 Å². The molecule has 1 rings (SSSR count). The highest BCUT2D eigenvalue weighted by Crippen LogP contribution is 2.17. The topological polar surface area (TPSA) is 168 Å². The second-order valence-electron chi connectivity index (χ2n) is 6.38. The first-order valence-corrected chi connectivity index (χ1v) is 9.62. The summed E-state index contributed by atoms with van der Waals surface area (Å²) in [6.07, 6.45) is 2.61. The molecule has 0 spiro atoms. The van der Waals surface area contributed by atoms with Crippen LogP contribution in [0.1, 0.15) is 32.1 Å². The third-order valence-corrected chi connectivity index (χ3v) is 4.79. The van der Waals surface area contributed by atoms with E-state index in [1.165, 1.54) is 4.90 Å². The van der Waals surface area contributed by atoms with Gasteiger partial charge in [0.1, 0.15) is 18.1 Å². The Morgan fingerprint density at radius 3 is 2.41 bits per heavy atom. The van der Waals surface area contributed by atoms with Gasteiger partial charge in [0.25, 0.3) is 0 Å². The number of nitrogens with zero attached hydrogens (tertiary/aromatic N) is 1. The summed E-state index contributed by atoms with van der Waals surface area (Å²) in [5.74, 6) is -2.60. The Morgan fingerprint density at radius 2 is 1.85 bits per heavy atom. The van der Waals surface area contributed by atoms with Gasteiger partial charge < -0.3 is 32.1 Å². The number of nitrogens with one attached hydrogen (secondary N) is 2. The molecule has 0 bridgehead atoms. The van der Waals surface area contributed by atoms with Gasteiger partial charge in [-0.05, 0) is 38.6 Å². The average molecular weight is 404 g/mol. The maximum absolute atomic E-state index is 12.5. The Morgan fingerprint density at radius 1 is 1.15 bits per heavy atom. The zero-order valence-corrected chi connectivity index (χ0v) is 16.1. The van der Waals surface area contributed by atoms with E-state index in [1.54, 1.807) is 0 Å². The van der Waals surface area contributed by atoms with Crippen molar-refractivity contribution in [1.29, 1.82) is 0 Å². The van der Waals surface area contributed by atoms with Crippen LogP contribution in [0.3, 0.4) is 0 Å². The van der Waals surface area contributed by atoms with Crippen LogP contribution >= 0.6 is 12.6 Å². The van der Waals surface area contributed by atoms with Gasteiger partial charge >= 0.3 is 5.97 Å². The average Bonchev–Trinajstić information content (AvgIpc) is 3.14. The predicted molar refractivity (Wildman–Crippen MR) is 102 cm³/mol. The first-order chi connectivity index (χ1) is 12.8. The van der Waals surface area contributed by atoms with Crippen molar-refractivity contribution in [2.75, 3.05) is 25.4 Å². The molecule has 1 aliphatic heterocycles. The van der Waals surface area contributed by atoms with Crippen molar-refractivity contribution in [3.63, 3.8) is 0 Å². The first kappa shape index (κ1) is 23.2. The number of carbonyl (C=O) groups excluding carboxylic acids is 3. The number of thiol groups is 1. The normalized spacial score (nSPS) is 18.6. The lowest BCUT2D eigenvalue weighted by Gasteiger charge is -2.26. The fourth-order valence-corrected chi connectivity index (χ4v) is 3.20. The highest BCUT2D eigenvalue weighted by molar-refractivity contribution is 7.80. The highest BCUT2D eigenvalue weighted by atomic mass is 32.1. The molecule has 3 atom stereocenters. The van der Waals surface area contributed by atoms with E-state index in [-0.39, 0.29) is 24.6 Å². The number of hydrogen-bond donors (Lipinski definition) is 6. The fraction of sp³-hybridized carbons (Fsp3) is 0.750. The number of nitrogens with two attached hydrogens (primary N) is 2. The highest BCUT2D eigenvalue weighted by Gasteiger charge is 2.35. The molecule has 7 N–H and O–H groups in total. The van der Waals surface area contributed by atoms with Gasteiger partial charge in [-0.25, -0.2) is 4.79 Å². The van der Waals surface area contributed by atoms with E-state index in [0.717, 1.165) is 0 Å². The lowest BCUT2D eigenvalue weighted by atomic mass is 10.1. The Hall–Kier alpha value is -1.85. The Bertz CT molecular complexity index is 547. The third-order valence-electron chi connectivity index (χ3n) is 4.43. The smallest absolute Gasteiger partial charge is 0.326 e. The van der Waals surface area contributed by atoms with Crippen LogP contribution in [0.15, 0.2) is 0 Å². The number of hydrogen-bond acceptors (Lipinski definition) is 7. The number of carboxylic acids is 1. The quantitative estimate of drug-likeness (QED) is 0.172. The number of aliphatic carboxylic acids is 1. The van der Waals surface area contributed by atoms with Crippen molar-refractivity contribution < 1.29 is 24.3 Å². The molecule has 11 heteroatoms. The molecule has 0 aromatic carbocycles. The molecule has 10 nitrogen and oxygen atoms in total. The number of carboxylic acid groups (broad SMARTS) is 1. The number of unbranched alkanes of at least 4 members (excludes halogenated alkanes) is 1. The van der Waals surface area contributed by atoms with E-state index < -0.39 is 35.9 Å². The molecule has 0 aromatic rings. The molecule has 3 amide bonds. The lowest BCUT2D eigenvalue weighted by Crippen LogP contribution is -2.56. The number of amides is 3. The second kappa shape index (κ2) is 11.8. The Balaban J connectivity index is 2.67. The summed E-state index contributed by atoms with van der Waals surface area (Å²) in [6.45, 7) is 0.687. The van der Waals surface area contributed by atoms with Crippen molar-refractivity contribution in [3.8, 4) is 0 Å². The molecule has 154 valence electrons. The van der Waals surface area contributed by atoms with E-state index in [0.29, 0.717) is 38.8 Å². The number of carbonyl (C=O) groups is 4. The van der Waals surface area contributed by atoms with E-state index in [4.69, 9.17) is 11.5 Å². The SMILES string of the molecule is NCCCC[C@H](NC(=O)[C@H](CS)NC(=O)[C@@H]1CCCN1C(=O)CN)C(=O)O. The van der Waals surface area contributed by atoms with Crippen LogP contribution in [0.25, 0.3) is 0 Å². The van der Waals surface area contributed by atoms with Gasteiger partial charge in [0, 0.05) is 12.3 Å². The summed E-state index contributed by atoms with van der Waals surface area (Å²) >= 11 is 4.07. The van der Waals surface area contributed by atoms with E-state index in [9.17, 15) is 24.3 Å². The fourth-order valence-electron chi connectivity index (χ4n) is 2.94. The standard InChI is InChI=1S/C16H29N5O5S/c17-6-2-1-4-10(16(25)26)19-14(23)11(9-27)20-15(24)12-5-3-7-21(12)13(22)8-18/h10-12,27H,1-9,17-18H2,(H,19,23)(H,20,24)(H,25,26)/t10-,11-,12-/m0/s1.